The summed E-state index contributed by atoms with van der Waals surface area (Å²) >= 11 is 0. The van der Waals surface area contributed by atoms with E-state index >= 15 is 0 Å². The highest BCUT2D eigenvalue weighted by atomic mass is 19.1. The van der Waals surface area contributed by atoms with E-state index in [1.807, 2.05) is 0 Å². The van der Waals surface area contributed by atoms with Crippen LogP contribution in [-0.4, -0.2) is 12.7 Å². The van der Waals surface area contributed by atoms with Crippen LogP contribution in [0.2, 0.25) is 0 Å². The lowest BCUT2D eigenvalue weighted by atomic mass is 10.1. The minimum Gasteiger partial charge on any atom is -0.377 e. The summed E-state index contributed by atoms with van der Waals surface area (Å²) in [5.74, 6) is -2.94. The highest BCUT2D eigenvalue weighted by molar-refractivity contribution is 5.24. The van der Waals surface area contributed by atoms with Crippen molar-refractivity contribution in [2.45, 2.75) is 26.0 Å². The van der Waals surface area contributed by atoms with Gasteiger partial charge in [0.25, 0.3) is 0 Å². The highest BCUT2D eigenvalue weighted by Gasteiger charge is 2.18. The maximum Gasteiger partial charge on any atom is 0.133 e. The third kappa shape index (κ3) is 3.21. The summed E-state index contributed by atoms with van der Waals surface area (Å²) in [6.45, 7) is 3.55. The molecule has 2 N–H and O–H groups in total. The molecule has 0 saturated heterocycles. The Morgan fingerprint density at radius 3 is 2.12 bits per heavy atom. The average molecular weight is 233 g/mol. The van der Waals surface area contributed by atoms with Gasteiger partial charge in [0.15, 0.2) is 0 Å². The molecule has 2 nitrogen and oxygen atoms in total. The van der Waals surface area contributed by atoms with Crippen LogP contribution in [0.4, 0.5) is 13.2 Å². The Hall–Kier alpha value is -1.07. The molecular weight excluding hydrogens is 219 g/mol. The van der Waals surface area contributed by atoms with Crippen LogP contribution in [0.1, 0.15) is 25.5 Å². The molecule has 0 spiro atoms. The minimum absolute atomic E-state index is 0.0167. The predicted molar refractivity (Wildman–Crippen MR) is 54.3 cm³/mol. The smallest absolute Gasteiger partial charge is 0.133 e. The monoisotopic (exact) mass is 233 g/mol. The van der Waals surface area contributed by atoms with Crippen LogP contribution in [0, 0.1) is 17.5 Å². The fraction of sp³-hybridized carbons (Fsp3) is 0.455. The first-order valence-electron chi connectivity index (χ1n) is 4.93. The molecular formula is C11H14F3NO. The second-order valence-electron chi connectivity index (χ2n) is 3.77. The predicted octanol–water partition coefficient (Wildman–Crippen LogP) is 2.53. The van der Waals surface area contributed by atoms with Crippen molar-refractivity contribution in [3.05, 3.63) is 35.1 Å². The molecule has 0 aromatic heterocycles. The maximum absolute atomic E-state index is 13.3. The lowest BCUT2D eigenvalue weighted by Crippen LogP contribution is -2.22. The zero-order chi connectivity index (χ0) is 12.3. The lowest BCUT2D eigenvalue weighted by Gasteiger charge is -2.16. The number of benzene rings is 1. The molecule has 1 aromatic rings. The maximum atomic E-state index is 13.3. The molecule has 0 radical (unpaired) electrons. The molecule has 0 bridgehead atoms. The van der Waals surface area contributed by atoms with E-state index in [1.165, 1.54) is 0 Å². The molecule has 5 heteroatoms. The van der Waals surface area contributed by atoms with E-state index in [-0.39, 0.29) is 18.3 Å². The fourth-order valence-electron chi connectivity index (χ4n) is 1.29. The fourth-order valence-corrected chi connectivity index (χ4v) is 1.29. The van der Waals surface area contributed by atoms with Crippen LogP contribution < -0.4 is 5.73 Å². The second kappa shape index (κ2) is 5.32. The molecule has 0 aliphatic heterocycles. The Morgan fingerprint density at radius 2 is 1.69 bits per heavy atom. The number of hydrogen-bond donors (Lipinski definition) is 1. The summed E-state index contributed by atoms with van der Waals surface area (Å²) in [5.41, 5.74) is 5.22. The van der Waals surface area contributed by atoms with E-state index < -0.39 is 23.5 Å². The number of nitrogens with two attached hydrogens (primary N) is 1. The molecule has 0 aliphatic rings. The van der Waals surface area contributed by atoms with Crippen molar-refractivity contribution < 1.29 is 17.9 Å². The lowest BCUT2D eigenvalue weighted by molar-refractivity contribution is 0.0670. The van der Waals surface area contributed by atoms with E-state index in [0.29, 0.717) is 12.1 Å². The van der Waals surface area contributed by atoms with Gasteiger partial charge in [0.05, 0.1) is 18.8 Å². The first kappa shape index (κ1) is 13.0. The zero-order valence-corrected chi connectivity index (χ0v) is 9.14. The van der Waals surface area contributed by atoms with E-state index in [0.717, 1.165) is 0 Å². The van der Waals surface area contributed by atoms with Gasteiger partial charge < -0.3 is 10.5 Å². The van der Waals surface area contributed by atoms with Gasteiger partial charge in [-0.1, -0.05) is 0 Å². The van der Waals surface area contributed by atoms with Gasteiger partial charge in [-0.3, -0.25) is 0 Å². The first-order valence-corrected chi connectivity index (χ1v) is 4.93. The Balaban J connectivity index is 2.86. The van der Waals surface area contributed by atoms with Crippen LogP contribution in [0.5, 0.6) is 0 Å². The van der Waals surface area contributed by atoms with E-state index in [1.54, 1.807) is 13.8 Å². The Labute approximate surface area is 92.2 Å². The summed E-state index contributed by atoms with van der Waals surface area (Å²) in [6, 6.07) is 0.268. The second-order valence-corrected chi connectivity index (χ2v) is 3.77. The third-order valence-electron chi connectivity index (χ3n) is 2.02. The number of halogens is 3. The summed E-state index contributed by atoms with van der Waals surface area (Å²) < 4.78 is 44.3. The molecule has 0 aliphatic carbocycles. The number of hydrogen-bond acceptors (Lipinski definition) is 2. The Bertz CT molecular complexity index is 345. The molecule has 90 valence electrons. The molecule has 16 heavy (non-hydrogen) atoms. The normalized spacial score (nSPS) is 13.2. The molecule has 0 saturated carbocycles. The van der Waals surface area contributed by atoms with Crippen molar-refractivity contribution in [2.75, 3.05) is 6.61 Å². The van der Waals surface area contributed by atoms with Gasteiger partial charge in [-0.05, 0) is 13.8 Å². The third-order valence-corrected chi connectivity index (χ3v) is 2.02. The molecule has 1 rings (SSSR count). The summed E-state index contributed by atoms with van der Waals surface area (Å²) in [5, 5.41) is 0. The Kier molecular flexibility index (Phi) is 4.32. The van der Waals surface area contributed by atoms with Crippen LogP contribution >= 0.6 is 0 Å². The highest BCUT2D eigenvalue weighted by Crippen LogP contribution is 2.21. The average Bonchev–Trinajstić information content (AvgIpc) is 2.12. The van der Waals surface area contributed by atoms with Crippen LogP contribution in [0.15, 0.2) is 12.1 Å². The van der Waals surface area contributed by atoms with Gasteiger partial charge in [-0.15, -0.1) is 0 Å². The zero-order valence-electron chi connectivity index (χ0n) is 9.14. The number of rotatable bonds is 4. The van der Waals surface area contributed by atoms with E-state index in [4.69, 9.17) is 10.5 Å². The summed E-state index contributed by atoms with van der Waals surface area (Å²) in [7, 11) is 0. The molecule has 0 amide bonds. The summed E-state index contributed by atoms with van der Waals surface area (Å²) in [4.78, 5) is 0. The van der Waals surface area contributed by atoms with Crippen molar-refractivity contribution in [1.29, 1.82) is 0 Å². The van der Waals surface area contributed by atoms with Crippen LogP contribution in [0.3, 0.4) is 0 Å². The standard InChI is InChI=1S/C11H14F3NO/c1-6(2)16-5-10(15)11-8(13)3-7(12)4-9(11)14/h3-4,6,10H,5,15H2,1-2H3. The van der Waals surface area contributed by atoms with Crippen molar-refractivity contribution in [2.24, 2.45) is 5.73 Å². The van der Waals surface area contributed by atoms with Gasteiger partial charge in [-0.2, -0.15) is 0 Å². The Morgan fingerprint density at radius 1 is 1.19 bits per heavy atom. The minimum atomic E-state index is -0.989. The quantitative estimate of drug-likeness (QED) is 0.867. The van der Waals surface area contributed by atoms with Crippen LogP contribution in [-0.2, 0) is 4.74 Å². The molecule has 0 fully saturated rings. The molecule has 0 heterocycles. The molecule has 1 unspecified atom stereocenters. The van der Waals surface area contributed by atoms with Gasteiger partial charge >= 0.3 is 0 Å². The molecule has 1 atom stereocenters. The first-order chi connectivity index (χ1) is 7.41. The van der Waals surface area contributed by atoms with Crippen LogP contribution in [0.25, 0.3) is 0 Å². The van der Waals surface area contributed by atoms with Gasteiger partial charge in [0.2, 0.25) is 0 Å². The van der Waals surface area contributed by atoms with E-state index in [9.17, 15) is 13.2 Å². The van der Waals surface area contributed by atoms with Crippen molar-refractivity contribution in [3.63, 3.8) is 0 Å². The largest absolute Gasteiger partial charge is 0.377 e. The van der Waals surface area contributed by atoms with Gasteiger partial charge in [0.1, 0.15) is 17.5 Å². The molecule has 1 aromatic carbocycles. The number of ether oxygens (including phenoxy) is 1. The van der Waals surface area contributed by atoms with Crippen molar-refractivity contribution >= 4 is 0 Å². The van der Waals surface area contributed by atoms with Crippen molar-refractivity contribution in [3.8, 4) is 0 Å². The topological polar surface area (TPSA) is 35.2 Å². The van der Waals surface area contributed by atoms with Gasteiger partial charge in [-0.25, -0.2) is 13.2 Å². The SMILES string of the molecule is CC(C)OCC(N)c1c(F)cc(F)cc1F. The van der Waals surface area contributed by atoms with Gasteiger partial charge in [0, 0.05) is 17.7 Å². The van der Waals surface area contributed by atoms with Crippen molar-refractivity contribution in [1.82, 2.24) is 0 Å². The van der Waals surface area contributed by atoms with E-state index in [2.05, 4.69) is 0 Å². The summed E-state index contributed by atoms with van der Waals surface area (Å²) in [6.07, 6.45) is -0.0855.